The molecule has 1 fully saturated rings. The highest BCUT2D eigenvalue weighted by molar-refractivity contribution is 7.80. The lowest BCUT2D eigenvalue weighted by atomic mass is 9.96. The van der Waals surface area contributed by atoms with Crippen LogP contribution < -0.4 is 15.1 Å². The molecule has 2 atom stereocenters. The van der Waals surface area contributed by atoms with Gasteiger partial charge in [0.25, 0.3) is 0 Å². The van der Waals surface area contributed by atoms with Crippen LogP contribution in [0.1, 0.15) is 34.7 Å². The van der Waals surface area contributed by atoms with Gasteiger partial charge in [-0.3, -0.25) is 4.98 Å². The lowest BCUT2D eigenvalue weighted by molar-refractivity contribution is 0.475. The molecule has 0 amide bonds. The number of pyridine rings is 1. The van der Waals surface area contributed by atoms with E-state index >= 15 is 0 Å². The Bertz CT molecular complexity index is 1350. The number of thiocarbonyl (C=S) groups is 1. The van der Waals surface area contributed by atoms with Crippen LogP contribution >= 0.6 is 12.2 Å². The van der Waals surface area contributed by atoms with Crippen molar-refractivity contribution in [3.63, 3.8) is 0 Å². The van der Waals surface area contributed by atoms with Crippen molar-refractivity contribution in [1.29, 1.82) is 0 Å². The molecule has 0 radical (unpaired) electrons. The highest BCUT2D eigenvalue weighted by Crippen LogP contribution is 2.44. The number of aromatic nitrogens is 2. The third-order valence-electron chi connectivity index (χ3n) is 6.64. The molecule has 0 aliphatic carbocycles. The van der Waals surface area contributed by atoms with E-state index in [0.29, 0.717) is 5.11 Å². The summed E-state index contributed by atoms with van der Waals surface area (Å²) in [6.45, 7) is 4.25. The first-order chi connectivity index (χ1) is 16.8. The Labute approximate surface area is 211 Å². The number of nitrogens with zero attached hydrogens (tertiary/aromatic N) is 4. The minimum atomic E-state index is -0.106. The topological polar surface area (TPSA) is 56.6 Å². The number of phenolic OH excluding ortho intramolecular Hbond substituents is 1. The van der Waals surface area contributed by atoms with Gasteiger partial charge in [0.15, 0.2) is 5.11 Å². The number of benzene rings is 2. The van der Waals surface area contributed by atoms with E-state index in [1.165, 1.54) is 5.56 Å². The van der Waals surface area contributed by atoms with Crippen molar-refractivity contribution in [2.24, 2.45) is 0 Å². The van der Waals surface area contributed by atoms with Crippen LogP contribution in [0, 0.1) is 13.8 Å². The van der Waals surface area contributed by atoms with Gasteiger partial charge in [-0.15, -0.1) is 0 Å². The van der Waals surface area contributed by atoms with E-state index in [0.717, 1.165) is 34.1 Å². The fourth-order valence-corrected chi connectivity index (χ4v) is 5.29. The van der Waals surface area contributed by atoms with Gasteiger partial charge in [0, 0.05) is 48.7 Å². The van der Waals surface area contributed by atoms with Crippen molar-refractivity contribution in [3.05, 3.63) is 102 Å². The van der Waals surface area contributed by atoms with Crippen molar-refractivity contribution < 1.29 is 5.11 Å². The van der Waals surface area contributed by atoms with Crippen LogP contribution in [0.3, 0.4) is 0 Å². The normalized spacial score (nSPS) is 17.5. The number of phenols is 1. The molecule has 1 aliphatic heterocycles. The van der Waals surface area contributed by atoms with Crippen LogP contribution in [0.2, 0.25) is 0 Å². The Morgan fingerprint density at radius 3 is 2.26 bits per heavy atom. The van der Waals surface area contributed by atoms with Gasteiger partial charge in [-0.2, -0.15) is 0 Å². The Morgan fingerprint density at radius 2 is 1.63 bits per heavy atom. The molecule has 6 nitrogen and oxygen atoms in total. The van der Waals surface area contributed by atoms with E-state index < -0.39 is 0 Å². The van der Waals surface area contributed by atoms with Gasteiger partial charge in [-0.1, -0.05) is 6.07 Å². The standard InChI is InChI=1S/C28H29N5OS/c1-18-17-24(19(2)32(18)21-12-14-23(34)15-13-21)27-26(25-7-5-6-16-29-25)30-28(35)33(27)22-10-8-20(9-11-22)31(3)4/h5-17,26-27,34H,1-4H3,(H,30,35)/t26-,27+/m1/s1. The first kappa shape index (κ1) is 22.9. The maximum atomic E-state index is 9.78. The number of hydrogen-bond donors (Lipinski definition) is 2. The van der Waals surface area contributed by atoms with Crippen molar-refractivity contribution in [2.75, 3.05) is 23.9 Å². The summed E-state index contributed by atoms with van der Waals surface area (Å²) in [7, 11) is 4.07. The minimum Gasteiger partial charge on any atom is -0.508 e. The Morgan fingerprint density at radius 1 is 0.943 bits per heavy atom. The van der Waals surface area contributed by atoms with Crippen molar-refractivity contribution in [3.8, 4) is 11.4 Å². The van der Waals surface area contributed by atoms with Crippen molar-refractivity contribution in [2.45, 2.75) is 25.9 Å². The first-order valence-electron chi connectivity index (χ1n) is 11.6. The van der Waals surface area contributed by atoms with Gasteiger partial charge in [0.1, 0.15) is 5.75 Å². The van der Waals surface area contributed by atoms with E-state index in [2.05, 4.69) is 68.8 Å². The largest absolute Gasteiger partial charge is 0.508 e. The van der Waals surface area contributed by atoms with Gasteiger partial charge in [0.2, 0.25) is 0 Å². The molecular weight excluding hydrogens is 454 g/mol. The molecule has 2 aromatic carbocycles. The Hall–Kier alpha value is -3.84. The average Bonchev–Trinajstić information content (AvgIpc) is 3.35. The second-order valence-electron chi connectivity index (χ2n) is 9.09. The average molecular weight is 484 g/mol. The van der Waals surface area contributed by atoms with E-state index in [9.17, 15) is 5.11 Å². The molecule has 3 heterocycles. The van der Waals surface area contributed by atoms with Gasteiger partial charge in [0.05, 0.1) is 17.8 Å². The summed E-state index contributed by atoms with van der Waals surface area (Å²) >= 11 is 5.89. The summed E-state index contributed by atoms with van der Waals surface area (Å²) in [5.41, 5.74) is 7.54. The molecule has 0 spiro atoms. The lowest BCUT2D eigenvalue weighted by Crippen LogP contribution is -2.29. The van der Waals surface area contributed by atoms with Crippen LogP contribution in [0.15, 0.2) is 79.0 Å². The van der Waals surface area contributed by atoms with Gasteiger partial charge >= 0.3 is 0 Å². The zero-order valence-electron chi connectivity index (χ0n) is 20.3. The Balaban J connectivity index is 1.65. The molecule has 2 N–H and O–H groups in total. The number of rotatable bonds is 5. The fraction of sp³-hybridized carbons (Fsp3) is 0.214. The molecule has 7 heteroatoms. The summed E-state index contributed by atoms with van der Waals surface area (Å²) in [4.78, 5) is 8.97. The zero-order valence-corrected chi connectivity index (χ0v) is 21.1. The molecule has 5 rings (SSSR count). The highest BCUT2D eigenvalue weighted by atomic mass is 32.1. The monoisotopic (exact) mass is 483 g/mol. The number of aromatic hydroxyl groups is 1. The van der Waals surface area contributed by atoms with Crippen LogP contribution in [0.25, 0.3) is 5.69 Å². The van der Waals surface area contributed by atoms with E-state index in [4.69, 9.17) is 12.2 Å². The second-order valence-corrected chi connectivity index (χ2v) is 9.47. The second kappa shape index (κ2) is 9.07. The smallest absolute Gasteiger partial charge is 0.174 e. The molecule has 4 aromatic rings. The number of hydrogen-bond acceptors (Lipinski definition) is 4. The molecule has 0 saturated carbocycles. The predicted octanol–water partition coefficient (Wildman–Crippen LogP) is 5.44. The van der Waals surface area contributed by atoms with E-state index in [1.807, 2.05) is 50.6 Å². The maximum absolute atomic E-state index is 9.78. The van der Waals surface area contributed by atoms with Crippen molar-refractivity contribution in [1.82, 2.24) is 14.9 Å². The molecule has 1 aliphatic rings. The highest BCUT2D eigenvalue weighted by Gasteiger charge is 2.42. The van der Waals surface area contributed by atoms with Gasteiger partial charge in [-0.25, -0.2) is 0 Å². The quantitative estimate of drug-likeness (QED) is 0.369. The first-order valence-corrected chi connectivity index (χ1v) is 12.0. The number of nitrogens with one attached hydrogen (secondary N) is 1. The minimum absolute atomic E-state index is 0.0836. The van der Waals surface area contributed by atoms with Gasteiger partial charge in [-0.05, 0) is 98.4 Å². The summed E-state index contributed by atoms with van der Waals surface area (Å²) in [6, 6.07) is 23.8. The maximum Gasteiger partial charge on any atom is 0.174 e. The molecule has 0 bridgehead atoms. The van der Waals surface area contributed by atoms with Gasteiger partial charge < -0.3 is 24.8 Å². The number of anilines is 2. The van der Waals surface area contributed by atoms with Crippen LogP contribution in [0.4, 0.5) is 11.4 Å². The molecule has 0 unspecified atom stereocenters. The fourth-order valence-electron chi connectivity index (χ4n) is 4.95. The summed E-state index contributed by atoms with van der Waals surface area (Å²) in [6.07, 6.45) is 1.82. The van der Waals surface area contributed by atoms with Crippen LogP contribution in [-0.2, 0) is 0 Å². The van der Waals surface area contributed by atoms with Crippen LogP contribution in [-0.4, -0.2) is 33.9 Å². The molecule has 2 aromatic heterocycles. The zero-order chi connectivity index (χ0) is 24.7. The SMILES string of the molecule is Cc1cc([C@H]2[C@@H](c3ccccn3)NC(=S)N2c2ccc(N(C)C)cc2)c(C)n1-c1ccc(O)cc1. The van der Waals surface area contributed by atoms with Crippen LogP contribution in [0.5, 0.6) is 5.75 Å². The number of aryl methyl sites for hydroxylation is 1. The summed E-state index contributed by atoms with van der Waals surface area (Å²) in [5.74, 6) is 0.254. The van der Waals surface area contributed by atoms with Crippen molar-refractivity contribution >= 4 is 28.7 Å². The Kier molecular flexibility index (Phi) is 5.94. The predicted molar refractivity (Wildman–Crippen MR) is 146 cm³/mol. The third kappa shape index (κ3) is 4.12. The van der Waals surface area contributed by atoms with E-state index in [1.54, 1.807) is 12.1 Å². The summed E-state index contributed by atoms with van der Waals surface area (Å²) in [5, 5.41) is 14.0. The third-order valence-corrected chi connectivity index (χ3v) is 6.95. The van der Waals surface area contributed by atoms with E-state index in [-0.39, 0.29) is 17.8 Å². The molecular formula is C28H29N5OS. The summed E-state index contributed by atoms with van der Waals surface area (Å²) < 4.78 is 2.22. The molecule has 178 valence electrons. The lowest BCUT2D eigenvalue weighted by Gasteiger charge is -2.28. The molecule has 1 saturated heterocycles. The molecule has 35 heavy (non-hydrogen) atoms.